The lowest BCUT2D eigenvalue weighted by Crippen LogP contribution is -2.53. The average Bonchev–Trinajstić information content (AvgIpc) is 2.85. The largest absolute Gasteiger partial charge is 0.377 e. The predicted molar refractivity (Wildman–Crippen MR) is 72.3 cm³/mol. The molecule has 2 aliphatic heterocycles. The fourth-order valence-electron chi connectivity index (χ4n) is 2.83. The van der Waals surface area contributed by atoms with Crippen LogP contribution in [0, 0.1) is 6.92 Å². The van der Waals surface area contributed by atoms with Crippen molar-refractivity contribution in [1.29, 1.82) is 0 Å². The van der Waals surface area contributed by atoms with E-state index in [1.165, 1.54) is 5.56 Å². The van der Waals surface area contributed by atoms with Crippen LogP contribution >= 0.6 is 0 Å². The van der Waals surface area contributed by atoms with Crippen molar-refractivity contribution in [2.75, 3.05) is 44.3 Å². The molecule has 0 aromatic carbocycles. The molecule has 0 radical (unpaired) electrons. The molecule has 0 N–H and O–H groups in total. The van der Waals surface area contributed by atoms with Crippen molar-refractivity contribution in [2.45, 2.75) is 19.1 Å². The van der Waals surface area contributed by atoms with E-state index in [0.29, 0.717) is 6.61 Å². The first-order valence-corrected chi connectivity index (χ1v) is 6.87. The van der Waals surface area contributed by atoms with Gasteiger partial charge in [-0.2, -0.15) is 0 Å². The molecule has 4 nitrogen and oxygen atoms in total. The Morgan fingerprint density at radius 1 is 1.26 bits per heavy atom. The summed E-state index contributed by atoms with van der Waals surface area (Å²) >= 11 is 0. The van der Waals surface area contributed by atoms with Crippen LogP contribution in [0.3, 0.4) is 0 Å². The highest BCUT2D eigenvalue weighted by molar-refractivity contribution is 5.41. The minimum absolute atomic E-state index is 0.0485. The van der Waals surface area contributed by atoms with Crippen LogP contribution in [0.1, 0.15) is 5.56 Å². The first-order chi connectivity index (χ1) is 9.24. The molecule has 104 valence electrons. The smallest absolute Gasteiger partial charge is 0.141 e. The number of hydrogen-bond acceptors (Lipinski definition) is 4. The maximum absolute atomic E-state index is 13.7. The van der Waals surface area contributed by atoms with E-state index in [0.717, 1.165) is 32.0 Å². The number of halogens is 1. The molecule has 3 heterocycles. The summed E-state index contributed by atoms with van der Waals surface area (Å²) in [7, 11) is 0. The summed E-state index contributed by atoms with van der Waals surface area (Å²) in [6.45, 7) is 6.42. The van der Waals surface area contributed by atoms with Crippen LogP contribution in [0.2, 0.25) is 0 Å². The second-order valence-electron chi connectivity index (χ2n) is 5.34. The molecule has 1 aromatic heterocycles. The SMILES string of the molecule is Cc1ccnc(N2CCN(C3COCC3F)CC2)c1. The van der Waals surface area contributed by atoms with Crippen LogP contribution in [-0.4, -0.2) is 61.5 Å². The third kappa shape index (κ3) is 2.72. The number of ether oxygens (including phenoxy) is 1. The zero-order valence-corrected chi connectivity index (χ0v) is 11.3. The fraction of sp³-hybridized carbons (Fsp3) is 0.643. The number of hydrogen-bond donors (Lipinski definition) is 0. The van der Waals surface area contributed by atoms with Crippen molar-refractivity contribution in [3.8, 4) is 0 Å². The standard InChI is InChI=1S/C14H20FN3O/c1-11-2-3-16-14(8-11)18-6-4-17(5-7-18)13-10-19-9-12(13)15/h2-3,8,12-13H,4-7,9-10H2,1H3. The summed E-state index contributed by atoms with van der Waals surface area (Å²) < 4.78 is 18.9. The Morgan fingerprint density at radius 3 is 2.68 bits per heavy atom. The normalized spacial score (nSPS) is 28.8. The first kappa shape index (κ1) is 12.8. The van der Waals surface area contributed by atoms with E-state index >= 15 is 0 Å². The molecular weight excluding hydrogens is 245 g/mol. The molecule has 5 heteroatoms. The molecule has 2 atom stereocenters. The van der Waals surface area contributed by atoms with Gasteiger partial charge in [0, 0.05) is 32.4 Å². The molecule has 0 saturated carbocycles. The number of rotatable bonds is 2. The molecule has 2 saturated heterocycles. The van der Waals surface area contributed by atoms with Crippen LogP contribution in [0.4, 0.5) is 10.2 Å². The number of aryl methyl sites for hydroxylation is 1. The van der Waals surface area contributed by atoms with Gasteiger partial charge in [0.15, 0.2) is 0 Å². The second kappa shape index (κ2) is 5.43. The zero-order valence-electron chi connectivity index (χ0n) is 11.3. The Balaban J connectivity index is 1.60. The summed E-state index contributed by atoms with van der Waals surface area (Å²) in [5, 5.41) is 0. The van der Waals surface area contributed by atoms with Crippen molar-refractivity contribution in [1.82, 2.24) is 9.88 Å². The van der Waals surface area contributed by atoms with Gasteiger partial charge >= 0.3 is 0 Å². The van der Waals surface area contributed by atoms with Gasteiger partial charge in [-0.15, -0.1) is 0 Å². The number of alkyl halides is 1. The quantitative estimate of drug-likeness (QED) is 0.804. The van der Waals surface area contributed by atoms with Gasteiger partial charge in [0.1, 0.15) is 12.0 Å². The van der Waals surface area contributed by atoms with E-state index in [9.17, 15) is 4.39 Å². The van der Waals surface area contributed by atoms with E-state index in [1.54, 1.807) is 0 Å². The van der Waals surface area contributed by atoms with E-state index in [2.05, 4.69) is 27.8 Å². The molecule has 2 unspecified atom stereocenters. The molecule has 3 rings (SSSR count). The van der Waals surface area contributed by atoms with E-state index in [1.807, 2.05) is 12.3 Å². The molecular formula is C14H20FN3O. The topological polar surface area (TPSA) is 28.6 Å². The lowest BCUT2D eigenvalue weighted by Gasteiger charge is -2.38. The van der Waals surface area contributed by atoms with Crippen molar-refractivity contribution in [2.24, 2.45) is 0 Å². The molecule has 0 bridgehead atoms. The van der Waals surface area contributed by atoms with Crippen LogP contribution in [-0.2, 0) is 4.74 Å². The minimum Gasteiger partial charge on any atom is -0.377 e. The lowest BCUT2D eigenvalue weighted by molar-refractivity contribution is 0.127. The number of aromatic nitrogens is 1. The van der Waals surface area contributed by atoms with Gasteiger partial charge < -0.3 is 9.64 Å². The van der Waals surface area contributed by atoms with Crippen LogP contribution < -0.4 is 4.90 Å². The lowest BCUT2D eigenvalue weighted by atomic mass is 10.1. The van der Waals surface area contributed by atoms with Crippen LogP contribution in [0.15, 0.2) is 18.3 Å². The van der Waals surface area contributed by atoms with Crippen molar-refractivity contribution >= 4 is 5.82 Å². The molecule has 0 aliphatic carbocycles. The molecule has 2 fully saturated rings. The summed E-state index contributed by atoms with van der Waals surface area (Å²) in [6.07, 6.45) is 1.02. The Hall–Kier alpha value is -1.20. The van der Waals surface area contributed by atoms with E-state index in [-0.39, 0.29) is 12.6 Å². The zero-order chi connectivity index (χ0) is 13.2. The highest BCUT2D eigenvalue weighted by Crippen LogP contribution is 2.20. The highest BCUT2D eigenvalue weighted by atomic mass is 19.1. The van der Waals surface area contributed by atoms with Gasteiger partial charge in [-0.3, -0.25) is 4.90 Å². The second-order valence-corrected chi connectivity index (χ2v) is 5.34. The van der Waals surface area contributed by atoms with Crippen LogP contribution in [0.5, 0.6) is 0 Å². The van der Waals surface area contributed by atoms with Gasteiger partial charge in [0.25, 0.3) is 0 Å². The number of piperazine rings is 1. The van der Waals surface area contributed by atoms with E-state index < -0.39 is 6.17 Å². The van der Waals surface area contributed by atoms with Crippen molar-refractivity contribution in [3.05, 3.63) is 23.9 Å². The maximum Gasteiger partial charge on any atom is 0.141 e. The Kier molecular flexibility index (Phi) is 3.66. The number of pyridine rings is 1. The fourth-order valence-corrected chi connectivity index (χ4v) is 2.83. The van der Waals surface area contributed by atoms with Gasteiger partial charge in [-0.05, 0) is 24.6 Å². The van der Waals surface area contributed by atoms with Gasteiger partial charge in [0.2, 0.25) is 0 Å². The third-order valence-corrected chi connectivity index (χ3v) is 3.99. The molecule has 0 spiro atoms. The van der Waals surface area contributed by atoms with E-state index in [4.69, 9.17) is 4.74 Å². The maximum atomic E-state index is 13.7. The summed E-state index contributed by atoms with van der Waals surface area (Å²) in [5.74, 6) is 1.03. The number of anilines is 1. The predicted octanol–water partition coefficient (Wildman–Crippen LogP) is 1.25. The third-order valence-electron chi connectivity index (χ3n) is 3.99. The number of nitrogens with zero attached hydrogens (tertiary/aromatic N) is 3. The van der Waals surface area contributed by atoms with Gasteiger partial charge in [-0.25, -0.2) is 9.37 Å². The summed E-state index contributed by atoms with van der Waals surface area (Å²) in [4.78, 5) is 8.89. The monoisotopic (exact) mass is 265 g/mol. The van der Waals surface area contributed by atoms with Crippen LogP contribution in [0.25, 0.3) is 0 Å². The molecule has 0 amide bonds. The summed E-state index contributed by atoms with van der Waals surface area (Å²) in [5.41, 5.74) is 1.22. The Labute approximate surface area is 113 Å². The summed E-state index contributed by atoms with van der Waals surface area (Å²) in [6, 6.07) is 4.06. The molecule has 1 aromatic rings. The van der Waals surface area contributed by atoms with Crippen molar-refractivity contribution in [3.63, 3.8) is 0 Å². The average molecular weight is 265 g/mol. The Bertz CT molecular complexity index is 434. The molecule has 19 heavy (non-hydrogen) atoms. The molecule has 2 aliphatic rings. The minimum atomic E-state index is -0.830. The van der Waals surface area contributed by atoms with Gasteiger partial charge in [0.05, 0.1) is 19.3 Å². The van der Waals surface area contributed by atoms with Gasteiger partial charge in [-0.1, -0.05) is 0 Å². The highest BCUT2D eigenvalue weighted by Gasteiger charge is 2.34. The Morgan fingerprint density at radius 2 is 2.05 bits per heavy atom. The van der Waals surface area contributed by atoms with Crippen molar-refractivity contribution < 1.29 is 9.13 Å². The first-order valence-electron chi connectivity index (χ1n) is 6.87.